The van der Waals surface area contributed by atoms with Crippen LogP contribution in [-0.4, -0.2) is 26.5 Å². The second kappa shape index (κ2) is 6.75. The van der Waals surface area contributed by atoms with Crippen molar-refractivity contribution in [1.29, 1.82) is 0 Å². The van der Waals surface area contributed by atoms with Crippen LogP contribution in [0.4, 0.5) is 0 Å². The fourth-order valence-corrected chi connectivity index (χ4v) is 2.73. The summed E-state index contributed by atoms with van der Waals surface area (Å²) in [6.07, 6.45) is 0.644. The molecule has 4 nitrogen and oxygen atoms in total. The van der Waals surface area contributed by atoms with Crippen LogP contribution in [0.15, 0.2) is 24.3 Å². The summed E-state index contributed by atoms with van der Waals surface area (Å²) in [5, 5.41) is 0. The van der Waals surface area contributed by atoms with E-state index in [0.29, 0.717) is 12.2 Å². The van der Waals surface area contributed by atoms with Crippen molar-refractivity contribution in [3.05, 3.63) is 29.8 Å². The van der Waals surface area contributed by atoms with Gasteiger partial charge in [-0.15, -0.1) is 0 Å². The Morgan fingerprint density at radius 1 is 1.22 bits per heavy atom. The van der Waals surface area contributed by atoms with E-state index in [4.69, 9.17) is 10.5 Å². The summed E-state index contributed by atoms with van der Waals surface area (Å²) in [6.45, 7) is 3.96. The molecule has 18 heavy (non-hydrogen) atoms. The highest BCUT2D eigenvalue weighted by Crippen LogP contribution is 2.16. The lowest BCUT2D eigenvalue weighted by Gasteiger charge is -2.09. The van der Waals surface area contributed by atoms with Crippen LogP contribution in [0.5, 0.6) is 5.75 Å². The standard InChI is InChI=1S/C13H21NO3S/c1-3-9-18(15,16)10-8-17-13-6-4-12(5-7-13)11(2)14/h4-7,11H,3,8-10,14H2,1-2H3/t11-/m0/s1. The van der Waals surface area contributed by atoms with Gasteiger partial charge in [0, 0.05) is 6.04 Å². The molecule has 0 fully saturated rings. The highest BCUT2D eigenvalue weighted by Gasteiger charge is 2.09. The maximum Gasteiger partial charge on any atom is 0.153 e. The molecule has 0 aliphatic rings. The van der Waals surface area contributed by atoms with E-state index in [-0.39, 0.29) is 24.2 Å². The molecule has 0 aliphatic carbocycles. The summed E-state index contributed by atoms with van der Waals surface area (Å²) in [6, 6.07) is 7.39. The van der Waals surface area contributed by atoms with Gasteiger partial charge < -0.3 is 10.5 Å². The number of benzene rings is 1. The monoisotopic (exact) mass is 271 g/mol. The maximum atomic E-state index is 11.5. The molecule has 2 N–H and O–H groups in total. The van der Waals surface area contributed by atoms with Gasteiger partial charge in [0.05, 0.1) is 11.5 Å². The van der Waals surface area contributed by atoms with Crippen LogP contribution in [0.1, 0.15) is 31.9 Å². The first kappa shape index (κ1) is 15.0. The second-order valence-corrected chi connectivity index (χ2v) is 6.66. The molecule has 0 unspecified atom stereocenters. The molecule has 102 valence electrons. The minimum Gasteiger partial charge on any atom is -0.493 e. The van der Waals surface area contributed by atoms with E-state index in [9.17, 15) is 8.42 Å². The predicted molar refractivity (Wildman–Crippen MR) is 73.5 cm³/mol. The SMILES string of the molecule is CCCS(=O)(=O)CCOc1ccc([C@H](C)N)cc1. The van der Waals surface area contributed by atoms with Gasteiger partial charge in [-0.25, -0.2) is 8.42 Å². The van der Waals surface area contributed by atoms with Crippen LogP contribution in [0.2, 0.25) is 0 Å². The van der Waals surface area contributed by atoms with Crippen molar-refractivity contribution in [3.63, 3.8) is 0 Å². The first-order valence-corrected chi connectivity index (χ1v) is 7.95. The first-order chi connectivity index (χ1) is 8.44. The van der Waals surface area contributed by atoms with Crippen molar-refractivity contribution < 1.29 is 13.2 Å². The molecular formula is C13H21NO3S. The molecule has 1 aromatic carbocycles. The first-order valence-electron chi connectivity index (χ1n) is 6.13. The Morgan fingerprint density at radius 2 is 1.83 bits per heavy atom. The molecule has 0 aliphatic heterocycles. The zero-order valence-electron chi connectivity index (χ0n) is 10.9. The van der Waals surface area contributed by atoms with Crippen LogP contribution in [0, 0.1) is 0 Å². The summed E-state index contributed by atoms with van der Waals surface area (Å²) in [5.74, 6) is 0.960. The fraction of sp³-hybridized carbons (Fsp3) is 0.538. The largest absolute Gasteiger partial charge is 0.493 e. The van der Waals surface area contributed by atoms with E-state index in [1.807, 2.05) is 38.1 Å². The Balaban J connectivity index is 2.45. The summed E-state index contributed by atoms with van der Waals surface area (Å²) in [7, 11) is -2.97. The van der Waals surface area contributed by atoms with Crippen molar-refractivity contribution in [2.75, 3.05) is 18.1 Å². The topological polar surface area (TPSA) is 69.4 Å². The van der Waals surface area contributed by atoms with E-state index >= 15 is 0 Å². The fourth-order valence-electron chi connectivity index (χ4n) is 1.57. The van der Waals surface area contributed by atoms with Crippen LogP contribution in [-0.2, 0) is 9.84 Å². The molecule has 0 spiro atoms. The van der Waals surface area contributed by atoms with Gasteiger partial charge in [-0.3, -0.25) is 0 Å². The van der Waals surface area contributed by atoms with Crippen LogP contribution < -0.4 is 10.5 Å². The van der Waals surface area contributed by atoms with Gasteiger partial charge in [0.25, 0.3) is 0 Å². The van der Waals surface area contributed by atoms with Gasteiger partial charge in [-0.2, -0.15) is 0 Å². The van der Waals surface area contributed by atoms with Gasteiger partial charge in [0.1, 0.15) is 12.4 Å². The third-order valence-corrected chi connectivity index (χ3v) is 4.40. The molecule has 5 heteroatoms. The molecule has 0 bridgehead atoms. The van der Waals surface area contributed by atoms with E-state index < -0.39 is 9.84 Å². The summed E-state index contributed by atoms with van der Waals surface area (Å²) in [5.41, 5.74) is 6.76. The van der Waals surface area contributed by atoms with Crippen molar-refractivity contribution in [2.24, 2.45) is 5.73 Å². The Morgan fingerprint density at radius 3 is 2.33 bits per heavy atom. The van der Waals surface area contributed by atoms with Gasteiger partial charge in [-0.05, 0) is 31.0 Å². The Hall–Kier alpha value is -1.07. The van der Waals surface area contributed by atoms with E-state index in [1.54, 1.807) is 0 Å². The molecule has 0 aromatic heterocycles. The average molecular weight is 271 g/mol. The maximum absolute atomic E-state index is 11.5. The van der Waals surface area contributed by atoms with Gasteiger partial charge in [0.15, 0.2) is 9.84 Å². The van der Waals surface area contributed by atoms with Crippen LogP contribution in [0.3, 0.4) is 0 Å². The molecular weight excluding hydrogens is 250 g/mol. The molecule has 0 amide bonds. The van der Waals surface area contributed by atoms with E-state index in [0.717, 1.165) is 5.56 Å². The van der Waals surface area contributed by atoms with E-state index in [2.05, 4.69) is 0 Å². The highest BCUT2D eigenvalue weighted by atomic mass is 32.2. The molecule has 1 atom stereocenters. The molecule has 1 aromatic rings. The number of rotatable bonds is 7. The molecule has 1 rings (SSSR count). The zero-order chi connectivity index (χ0) is 13.6. The zero-order valence-corrected chi connectivity index (χ0v) is 11.7. The smallest absolute Gasteiger partial charge is 0.153 e. The minimum absolute atomic E-state index is 0.0102. The lowest BCUT2D eigenvalue weighted by Crippen LogP contribution is -2.16. The lowest BCUT2D eigenvalue weighted by atomic mass is 10.1. The molecule has 0 saturated carbocycles. The van der Waals surface area contributed by atoms with Crippen LogP contribution in [0.25, 0.3) is 0 Å². The Kier molecular flexibility index (Phi) is 5.62. The van der Waals surface area contributed by atoms with Crippen molar-refractivity contribution in [2.45, 2.75) is 26.3 Å². The van der Waals surface area contributed by atoms with Crippen molar-refractivity contribution in [3.8, 4) is 5.75 Å². The van der Waals surface area contributed by atoms with Gasteiger partial charge in [0.2, 0.25) is 0 Å². The van der Waals surface area contributed by atoms with Crippen LogP contribution >= 0.6 is 0 Å². The third-order valence-electron chi connectivity index (χ3n) is 2.58. The number of sulfone groups is 1. The Labute approximate surface area is 109 Å². The normalized spacial score (nSPS) is 13.3. The lowest BCUT2D eigenvalue weighted by molar-refractivity contribution is 0.340. The third kappa shape index (κ3) is 5.06. The summed E-state index contributed by atoms with van der Waals surface area (Å²) >= 11 is 0. The number of nitrogens with two attached hydrogens (primary N) is 1. The quantitative estimate of drug-likeness (QED) is 0.822. The number of hydrogen-bond donors (Lipinski definition) is 1. The van der Waals surface area contributed by atoms with Crippen molar-refractivity contribution in [1.82, 2.24) is 0 Å². The van der Waals surface area contributed by atoms with Gasteiger partial charge >= 0.3 is 0 Å². The summed E-state index contributed by atoms with van der Waals surface area (Å²) < 4.78 is 28.3. The van der Waals surface area contributed by atoms with Gasteiger partial charge in [-0.1, -0.05) is 19.1 Å². The van der Waals surface area contributed by atoms with E-state index in [1.165, 1.54) is 0 Å². The predicted octanol–water partition coefficient (Wildman–Crippen LogP) is 1.91. The summed E-state index contributed by atoms with van der Waals surface area (Å²) in [4.78, 5) is 0. The second-order valence-electron chi connectivity index (χ2n) is 4.36. The molecule has 0 heterocycles. The molecule has 0 radical (unpaired) electrons. The molecule has 0 saturated heterocycles. The van der Waals surface area contributed by atoms with Crippen molar-refractivity contribution >= 4 is 9.84 Å². The minimum atomic E-state index is -2.97. The Bertz CT molecular complexity index is 452. The number of hydrogen-bond acceptors (Lipinski definition) is 4. The average Bonchev–Trinajstić information content (AvgIpc) is 2.29. The highest BCUT2D eigenvalue weighted by molar-refractivity contribution is 7.91. The number of ether oxygens (including phenoxy) is 1.